The minimum Gasteiger partial charge on any atom is -0.550 e. The molecule has 2 nitrogen and oxygen atoms in total. The number of carbonyl (C=O) groups excluding carboxylic acids is 1. The normalized spacial score (nSPS) is 28.3. The summed E-state index contributed by atoms with van der Waals surface area (Å²) in [7, 11) is 0. The smallest absolute Gasteiger partial charge is 0.0414 e. The maximum atomic E-state index is 10.6. The quantitative estimate of drug-likeness (QED) is 0.729. The van der Waals surface area contributed by atoms with Gasteiger partial charge >= 0.3 is 0 Å². The van der Waals surface area contributed by atoms with E-state index in [-0.39, 0.29) is 11.8 Å². The summed E-state index contributed by atoms with van der Waals surface area (Å²) >= 11 is 0. The Labute approximate surface area is 117 Å². The van der Waals surface area contributed by atoms with Crippen LogP contribution in [0.15, 0.2) is 11.1 Å². The second kappa shape index (κ2) is 4.96. The zero-order valence-electron chi connectivity index (χ0n) is 12.8. The van der Waals surface area contributed by atoms with Gasteiger partial charge in [-0.3, -0.25) is 0 Å². The predicted molar refractivity (Wildman–Crippen MR) is 75.4 cm³/mol. The molecule has 0 radical (unpaired) electrons. The molecule has 1 unspecified atom stereocenters. The monoisotopic (exact) mass is 263 g/mol. The SMILES string of the molecule is CC1(C)CCCC2=C1CC(CCCC(=O)[O-])C2(C)C. The third kappa shape index (κ3) is 2.73. The van der Waals surface area contributed by atoms with Crippen LogP contribution in [0.25, 0.3) is 0 Å². The van der Waals surface area contributed by atoms with Gasteiger partial charge < -0.3 is 9.90 Å². The number of aliphatic carboxylic acids is 1. The topological polar surface area (TPSA) is 40.1 Å². The molecule has 2 aliphatic carbocycles. The Morgan fingerprint density at radius 1 is 1.26 bits per heavy atom. The van der Waals surface area contributed by atoms with Crippen molar-refractivity contribution in [2.45, 2.75) is 72.6 Å². The van der Waals surface area contributed by atoms with E-state index in [9.17, 15) is 9.90 Å². The van der Waals surface area contributed by atoms with Crippen LogP contribution in [0, 0.1) is 16.7 Å². The molecule has 0 N–H and O–H groups in total. The fourth-order valence-electron chi connectivity index (χ4n) is 4.23. The van der Waals surface area contributed by atoms with E-state index >= 15 is 0 Å². The van der Waals surface area contributed by atoms with Gasteiger partial charge in [0.15, 0.2) is 0 Å². The second-order valence-corrected chi connectivity index (χ2v) is 7.58. The number of carboxylic acids is 1. The van der Waals surface area contributed by atoms with Gasteiger partial charge in [0, 0.05) is 5.97 Å². The van der Waals surface area contributed by atoms with Crippen LogP contribution >= 0.6 is 0 Å². The van der Waals surface area contributed by atoms with E-state index in [0.717, 1.165) is 12.8 Å². The molecule has 2 rings (SSSR count). The number of carboxylic acid groups (broad SMARTS) is 1. The summed E-state index contributed by atoms with van der Waals surface area (Å²) in [5.74, 6) is -0.289. The average molecular weight is 263 g/mol. The molecule has 0 bridgehead atoms. The van der Waals surface area contributed by atoms with Gasteiger partial charge in [-0.1, -0.05) is 38.8 Å². The van der Waals surface area contributed by atoms with Crippen LogP contribution in [0.4, 0.5) is 0 Å². The second-order valence-electron chi connectivity index (χ2n) is 7.58. The van der Waals surface area contributed by atoms with Gasteiger partial charge in [0.2, 0.25) is 0 Å². The lowest BCUT2D eigenvalue weighted by molar-refractivity contribution is -0.305. The van der Waals surface area contributed by atoms with Gasteiger partial charge in [-0.15, -0.1) is 0 Å². The largest absolute Gasteiger partial charge is 0.550 e. The molecule has 2 heteroatoms. The zero-order valence-corrected chi connectivity index (χ0v) is 12.8. The molecular formula is C17H27O2-. The van der Waals surface area contributed by atoms with Crippen molar-refractivity contribution >= 4 is 5.97 Å². The predicted octanol–water partition coefficient (Wildman–Crippen LogP) is 3.46. The summed E-state index contributed by atoms with van der Waals surface area (Å²) in [4.78, 5) is 10.6. The number of allylic oxidation sites excluding steroid dienone is 2. The van der Waals surface area contributed by atoms with E-state index in [1.807, 2.05) is 0 Å². The van der Waals surface area contributed by atoms with E-state index in [2.05, 4.69) is 27.7 Å². The molecule has 2 aliphatic rings. The first kappa shape index (κ1) is 14.6. The lowest BCUT2D eigenvalue weighted by Gasteiger charge is -2.36. The zero-order chi connectivity index (χ0) is 14.3. The molecule has 0 aromatic rings. The Morgan fingerprint density at radius 2 is 1.95 bits per heavy atom. The summed E-state index contributed by atoms with van der Waals surface area (Å²) in [6.45, 7) is 9.48. The van der Waals surface area contributed by atoms with Gasteiger partial charge in [-0.25, -0.2) is 0 Å². The van der Waals surface area contributed by atoms with Crippen molar-refractivity contribution in [1.29, 1.82) is 0 Å². The molecule has 0 fully saturated rings. The molecule has 0 aromatic carbocycles. The number of hydrogen-bond acceptors (Lipinski definition) is 2. The Balaban J connectivity index is 2.10. The Hall–Kier alpha value is -0.790. The van der Waals surface area contributed by atoms with Crippen LogP contribution in [-0.2, 0) is 4.79 Å². The van der Waals surface area contributed by atoms with Crippen molar-refractivity contribution in [3.05, 3.63) is 11.1 Å². The Bertz CT molecular complexity index is 401. The first-order chi connectivity index (χ1) is 8.75. The first-order valence-electron chi connectivity index (χ1n) is 7.68. The molecule has 0 heterocycles. The van der Waals surface area contributed by atoms with Gasteiger partial charge in [0.25, 0.3) is 0 Å². The highest BCUT2D eigenvalue weighted by atomic mass is 16.4. The molecule has 19 heavy (non-hydrogen) atoms. The summed E-state index contributed by atoms with van der Waals surface area (Å²) in [5.41, 5.74) is 3.98. The molecule has 108 valence electrons. The molecular weight excluding hydrogens is 236 g/mol. The Kier molecular flexibility index (Phi) is 3.81. The van der Waals surface area contributed by atoms with Crippen molar-refractivity contribution in [3.8, 4) is 0 Å². The lowest BCUT2D eigenvalue weighted by atomic mass is 9.69. The lowest BCUT2D eigenvalue weighted by Crippen LogP contribution is -2.25. The van der Waals surface area contributed by atoms with E-state index in [1.54, 1.807) is 11.1 Å². The van der Waals surface area contributed by atoms with Crippen molar-refractivity contribution in [2.24, 2.45) is 16.7 Å². The highest BCUT2D eigenvalue weighted by molar-refractivity contribution is 5.64. The van der Waals surface area contributed by atoms with Crippen LogP contribution in [0.1, 0.15) is 72.6 Å². The number of hydrogen-bond donors (Lipinski definition) is 0. The molecule has 0 spiro atoms. The van der Waals surface area contributed by atoms with Crippen molar-refractivity contribution in [3.63, 3.8) is 0 Å². The van der Waals surface area contributed by atoms with Crippen molar-refractivity contribution in [1.82, 2.24) is 0 Å². The van der Waals surface area contributed by atoms with Gasteiger partial charge in [0.1, 0.15) is 0 Å². The maximum Gasteiger partial charge on any atom is 0.0414 e. The third-order valence-electron chi connectivity index (χ3n) is 5.59. The van der Waals surface area contributed by atoms with Crippen LogP contribution < -0.4 is 5.11 Å². The highest BCUT2D eigenvalue weighted by Gasteiger charge is 2.45. The maximum absolute atomic E-state index is 10.6. The molecule has 0 amide bonds. The van der Waals surface area contributed by atoms with E-state index in [4.69, 9.17) is 0 Å². The fraction of sp³-hybridized carbons (Fsp3) is 0.824. The summed E-state index contributed by atoms with van der Waals surface area (Å²) in [5, 5.41) is 10.6. The minimum atomic E-state index is -0.908. The van der Waals surface area contributed by atoms with E-state index < -0.39 is 5.97 Å². The van der Waals surface area contributed by atoms with Crippen LogP contribution in [0.5, 0.6) is 0 Å². The molecule has 0 saturated heterocycles. The fourth-order valence-corrected chi connectivity index (χ4v) is 4.23. The number of rotatable bonds is 4. The summed E-state index contributed by atoms with van der Waals surface area (Å²) in [6.07, 6.45) is 7.03. The molecule has 0 saturated carbocycles. The first-order valence-corrected chi connectivity index (χ1v) is 7.68. The van der Waals surface area contributed by atoms with Crippen LogP contribution in [0.3, 0.4) is 0 Å². The summed E-state index contributed by atoms with van der Waals surface area (Å²) < 4.78 is 0. The van der Waals surface area contributed by atoms with Crippen molar-refractivity contribution in [2.75, 3.05) is 0 Å². The van der Waals surface area contributed by atoms with E-state index in [1.165, 1.54) is 25.7 Å². The average Bonchev–Trinajstić information content (AvgIpc) is 2.52. The molecule has 0 aliphatic heterocycles. The van der Waals surface area contributed by atoms with Gasteiger partial charge in [-0.05, 0) is 61.7 Å². The minimum absolute atomic E-state index is 0.209. The van der Waals surface area contributed by atoms with E-state index in [0.29, 0.717) is 11.3 Å². The van der Waals surface area contributed by atoms with Crippen molar-refractivity contribution < 1.29 is 9.90 Å². The van der Waals surface area contributed by atoms with Crippen LogP contribution in [-0.4, -0.2) is 5.97 Å². The third-order valence-corrected chi connectivity index (χ3v) is 5.59. The van der Waals surface area contributed by atoms with Gasteiger partial charge in [-0.2, -0.15) is 0 Å². The molecule has 0 aromatic heterocycles. The highest BCUT2D eigenvalue weighted by Crippen LogP contribution is 2.58. The molecule has 1 atom stereocenters. The van der Waals surface area contributed by atoms with Gasteiger partial charge in [0.05, 0.1) is 0 Å². The number of carbonyl (C=O) groups is 1. The Morgan fingerprint density at radius 3 is 2.53 bits per heavy atom. The summed E-state index contributed by atoms with van der Waals surface area (Å²) in [6, 6.07) is 0. The van der Waals surface area contributed by atoms with Crippen LogP contribution in [0.2, 0.25) is 0 Å². The standard InChI is InChI=1S/C17H28O2/c1-16(2)10-6-8-13-14(16)11-12(17(13,3)4)7-5-9-15(18)19/h12H,5-11H2,1-4H3,(H,18,19)/p-1.